The molecule has 3 rings (SSSR count). The third-order valence-corrected chi connectivity index (χ3v) is 5.64. The van der Waals surface area contributed by atoms with E-state index in [1.165, 1.54) is 18.4 Å². The topological polar surface area (TPSA) is 30.5 Å². The van der Waals surface area contributed by atoms with Gasteiger partial charge in [0.1, 0.15) is 0 Å². The normalized spacial score (nSPS) is 27.6. The number of hydrogen-bond acceptors (Lipinski definition) is 4. The molecule has 3 heterocycles. The minimum atomic E-state index is 0.102. The van der Waals surface area contributed by atoms with Gasteiger partial charge in [-0.25, -0.2) is 0 Å². The van der Waals surface area contributed by atoms with Crippen molar-refractivity contribution in [2.75, 3.05) is 26.9 Å². The molecule has 2 unspecified atom stereocenters. The highest BCUT2D eigenvalue weighted by atomic mass is 32.1. The first kappa shape index (κ1) is 14.5. The number of likely N-dealkylation sites (N-methyl/N-ethyl adjacent to an activating group) is 1. The van der Waals surface area contributed by atoms with E-state index in [9.17, 15) is 0 Å². The van der Waals surface area contributed by atoms with Gasteiger partial charge in [-0.05, 0) is 67.5 Å². The summed E-state index contributed by atoms with van der Waals surface area (Å²) in [4.78, 5) is 0. The van der Waals surface area contributed by atoms with Gasteiger partial charge in [-0.1, -0.05) is 0 Å². The Morgan fingerprint density at radius 2 is 2.25 bits per heavy atom. The molecular formula is C16H25NO2S. The lowest BCUT2D eigenvalue weighted by atomic mass is 9.76. The van der Waals surface area contributed by atoms with E-state index < -0.39 is 0 Å². The summed E-state index contributed by atoms with van der Waals surface area (Å²) < 4.78 is 11.7. The van der Waals surface area contributed by atoms with Crippen molar-refractivity contribution in [3.05, 3.63) is 22.4 Å². The first-order valence-electron chi connectivity index (χ1n) is 7.71. The largest absolute Gasteiger partial charge is 0.381 e. The van der Waals surface area contributed by atoms with Crippen LogP contribution in [0.3, 0.4) is 0 Å². The molecule has 2 aliphatic rings. The second-order valence-electron chi connectivity index (χ2n) is 6.13. The molecule has 3 nitrogen and oxygen atoms in total. The molecule has 0 bridgehead atoms. The number of rotatable bonds is 4. The molecule has 0 radical (unpaired) electrons. The predicted octanol–water partition coefficient (Wildman–Crippen LogP) is 2.85. The van der Waals surface area contributed by atoms with Gasteiger partial charge in [-0.15, -0.1) is 0 Å². The van der Waals surface area contributed by atoms with Gasteiger partial charge in [0.2, 0.25) is 0 Å². The van der Waals surface area contributed by atoms with Crippen molar-refractivity contribution < 1.29 is 9.47 Å². The van der Waals surface area contributed by atoms with Crippen LogP contribution in [0.2, 0.25) is 0 Å². The SMILES string of the molecule is CNC(Cc1ccsc1)C1CCOC2(CCOCC2)C1. The van der Waals surface area contributed by atoms with E-state index in [1.807, 2.05) is 0 Å². The Kier molecular flexibility index (Phi) is 4.76. The molecule has 4 heteroatoms. The minimum absolute atomic E-state index is 0.102. The van der Waals surface area contributed by atoms with Gasteiger partial charge in [0, 0.05) is 25.9 Å². The first-order valence-corrected chi connectivity index (χ1v) is 8.66. The predicted molar refractivity (Wildman–Crippen MR) is 82.3 cm³/mol. The van der Waals surface area contributed by atoms with Crippen LogP contribution in [0.15, 0.2) is 16.8 Å². The minimum Gasteiger partial charge on any atom is -0.381 e. The molecule has 1 aromatic heterocycles. The average molecular weight is 295 g/mol. The van der Waals surface area contributed by atoms with Crippen LogP contribution in [0.25, 0.3) is 0 Å². The lowest BCUT2D eigenvalue weighted by Gasteiger charge is -2.45. The van der Waals surface area contributed by atoms with Crippen molar-refractivity contribution in [1.82, 2.24) is 5.32 Å². The maximum atomic E-state index is 6.16. The highest BCUT2D eigenvalue weighted by Gasteiger charge is 2.40. The molecule has 2 saturated heterocycles. The molecule has 0 aromatic carbocycles. The van der Waals surface area contributed by atoms with Crippen LogP contribution in [-0.2, 0) is 15.9 Å². The van der Waals surface area contributed by atoms with Gasteiger partial charge in [-0.2, -0.15) is 11.3 Å². The van der Waals surface area contributed by atoms with Gasteiger partial charge < -0.3 is 14.8 Å². The van der Waals surface area contributed by atoms with Crippen LogP contribution in [-0.4, -0.2) is 38.5 Å². The Labute approximate surface area is 125 Å². The van der Waals surface area contributed by atoms with Crippen molar-refractivity contribution in [2.24, 2.45) is 5.92 Å². The molecule has 0 amide bonds. The lowest BCUT2D eigenvalue weighted by Crippen LogP contribution is -2.49. The fourth-order valence-corrected chi connectivity index (χ4v) is 4.35. The highest BCUT2D eigenvalue weighted by Crippen LogP contribution is 2.38. The van der Waals surface area contributed by atoms with Crippen LogP contribution in [0, 0.1) is 5.92 Å². The van der Waals surface area contributed by atoms with Crippen LogP contribution < -0.4 is 5.32 Å². The second-order valence-corrected chi connectivity index (χ2v) is 6.91. The van der Waals surface area contributed by atoms with Crippen molar-refractivity contribution in [2.45, 2.75) is 43.7 Å². The molecule has 1 aromatic rings. The van der Waals surface area contributed by atoms with E-state index in [1.54, 1.807) is 11.3 Å². The molecule has 112 valence electrons. The average Bonchev–Trinajstić information content (AvgIpc) is 2.98. The van der Waals surface area contributed by atoms with Crippen LogP contribution >= 0.6 is 11.3 Å². The highest BCUT2D eigenvalue weighted by molar-refractivity contribution is 7.07. The number of ether oxygens (including phenoxy) is 2. The van der Waals surface area contributed by atoms with Crippen LogP contribution in [0.5, 0.6) is 0 Å². The maximum absolute atomic E-state index is 6.16. The van der Waals surface area contributed by atoms with Crippen molar-refractivity contribution >= 4 is 11.3 Å². The van der Waals surface area contributed by atoms with Crippen LogP contribution in [0.4, 0.5) is 0 Å². The summed E-state index contributed by atoms with van der Waals surface area (Å²) in [6.45, 7) is 2.63. The third kappa shape index (κ3) is 3.25. The first-order chi connectivity index (χ1) is 9.81. The zero-order chi connectivity index (χ0) is 13.8. The summed E-state index contributed by atoms with van der Waals surface area (Å²) in [5, 5.41) is 7.99. The zero-order valence-corrected chi connectivity index (χ0v) is 13.1. The van der Waals surface area contributed by atoms with Gasteiger partial charge in [0.25, 0.3) is 0 Å². The monoisotopic (exact) mass is 295 g/mol. The third-order valence-electron chi connectivity index (χ3n) is 4.91. The van der Waals surface area contributed by atoms with E-state index in [0.717, 1.165) is 39.1 Å². The molecule has 1 N–H and O–H groups in total. The molecule has 0 saturated carbocycles. The number of nitrogens with one attached hydrogen (secondary N) is 1. The fourth-order valence-electron chi connectivity index (χ4n) is 3.67. The van der Waals surface area contributed by atoms with E-state index in [0.29, 0.717) is 12.0 Å². The van der Waals surface area contributed by atoms with Crippen molar-refractivity contribution in [3.8, 4) is 0 Å². The summed E-state index contributed by atoms with van der Waals surface area (Å²) in [6, 6.07) is 2.81. The van der Waals surface area contributed by atoms with Crippen molar-refractivity contribution in [1.29, 1.82) is 0 Å². The summed E-state index contributed by atoms with van der Waals surface area (Å²) in [7, 11) is 2.10. The summed E-state index contributed by atoms with van der Waals surface area (Å²) in [5.41, 5.74) is 1.56. The molecular weight excluding hydrogens is 270 g/mol. The van der Waals surface area contributed by atoms with Crippen LogP contribution in [0.1, 0.15) is 31.2 Å². The smallest absolute Gasteiger partial charge is 0.0729 e. The van der Waals surface area contributed by atoms with E-state index in [2.05, 4.69) is 29.2 Å². The Balaban J connectivity index is 1.65. The Hall–Kier alpha value is -0.420. The Morgan fingerprint density at radius 3 is 2.95 bits per heavy atom. The van der Waals surface area contributed by atoms with Gasteiger partial charge in [0.05, 0.1) is 5.60 Å². The van der Waals surface area contributed by atoms with Gasteiger partial charge >= 0.3 is 0 Å². The van der Waals surface area contributed by atoms with E-state index in [4.69, 9.17) is 9.47 Å². The quantitative estimate of drug-likeness (QED) is 0.926. The number of thiophene rings is 1. The maximum Gasteiger partial charge on any atom is 0.0729 e. The molecule has 2 aliphatic heterocycles. The summed E-state index contributed by atoms with van der Waals surface area (Å²) in [6.07, 6.45) is 5.64. The fraction of sp³-hybridized carbons (Fsp3) is 0.750. The molecule has 0 aliphatic carbocycles. The lowest BCUT2D eigenvalue weighted by molar-refractivity contribution is -0.149. The van der Waals surface area contributed by atoms with E-state index >= 15 is 0 Å². The Morgan fingerprint density at radius 1 is 1.40 bits per heavy atom. The summed E-state index contributed by atoms with van der Waals surface area (Å²) in [5.74, 6) is 0.715. The Bertz CT molecular complexity index is 395. The summed E-state index contributed by atoms with van der Waals surface area (Å²) >= 11 is 1.79. The van der Waals surface area contributed by atoms with E-state index in [-0.39, 0.29) is 5.60 Å². The molecule has 1 spiro atoms. The zero-order valence-electron chi connectivity index (χ0n) is 12.3. The standard InChI is InChI=1S/C16H25NO2S/c1-17-15(10-13-3-9-20-12-13)14-2-6-19-16(11-14)4-7-18-8-5-16/h3,9,12,14-15,17H,2,4-8,10-11H2,1H3. The van der Waals surface area contributed by atoms with Gasteiger partial charge in [-0.3, -0.25) is 0 Å². The second kappa shape index (κ2) is 6.56. The number of hydrogen-bond donors (Lipinski definition) is 1. The van der Waals surface area contributed by atoms with Crippen molar-refractivity contribution in [3.63, 3.8) is 0 Å². The molecule has 2 atom stereocenters. The molecule has 20 heavy (non-hydrogen) atoms. The molecule has 2 fully saturated rings. The van der Waals surface area contributed by atoms with Gasteiger partial charge in [0.15, 0.2) is 0 Å².